The number of benzene rings is 1. The van der Waals surface area contributed by atoms with E-state index in [-0.39, 0.29) is 0 Å². The van der Waals surface area contributed by atoms with Gasteiger partial charge in [-0.2, -0.15) is 0 Å². The van der Waals surface area contributed by atoms with E-state index in [2.05, 4.69) is 0 Å². The highest BCUT2D eigenvalue weighted by molar-refractivity contribution is 6.59. The molecule has 0 unspecified atom stereocenters. The van der Waals surface area contributed by atoms with E-state index < -0.39 is 7.12 Å². The molecule has 0 spiro atoms. The lowest BCUT2D eigenvalue weighted by Gasteiger charge is -2.01. The molecular weight excluding hydrogens is 164 g/mol. The summed E-state index contributed by atoms with van der Waals surface area (Å²) < 4.78 is 0. The van der Waals surface area contributed by atoms with Gasteiger partial charge >= 0.3 is 7.12 Å². The minimum atomic E-state index is -1.49. The number of hydrogen-bond acceptors (Lipinski definition) is 3. The van der Waals surface area contributed by atoms with Crippen molar-refractivity contribution in [1.29, 1.82) is 0 Å². The highest BCUT2D eigenvalue weighted by Crippen LogP contribution is 2.14. The normalized spacial score (nSPS) is 9.73. The van der Waals surface area contributed by atoms with Crippen molar-refractivity contribution in [3.8, 4) is 0 Å². The first-order valence-corrected chi connectivity index (χ1v) is 3.40. The number of anilines is 1. The van der Waals surface area contributed by atoms with Gasteiger partial charge in [0.05, 0.1) is 10.7 Å². The molecule has 1 aromatic rings. The highest BCUT2D eigenvalue weighted by atomic mass is 35.5. The minimum Gasteiger partial charge on any atom is -0.423 e. The first-order valence-electron chi connectivity index (χ1n) is 3.02. The molecule has 0 bridgehead atoms. The molecule has 5 heteroatoms. The molecule has 0 radical (unpaired) electrons. The van der Waals surface area contributed by atoms with Crippen LogP contribution in [0.25, 0.3) is 0 Å². The molecule has 3 nitrogen and oxygen atoms in total. The van der Waals surface area contributed by atoms with E-state index in [0.717, 1.165) is 0 Å². The molecule has 0 saturated heterocycles. The van der Waals surface area contributed by atoms with Crippen LogP contribution in [0.5, 0.6) is 0 Å². The number of nitrogens with two attached hydrogens (primary N) is 1. The molecule has 1 rings (SSSR count). The minimum absolute atomic E-state index is 0.329. The van der Waals surface area contributed by atoms with E-state index in [4.69, 9.17) is 27.4 Å². The topological polar surface area (TPSA) is 66.5 Å². The van der Waals surface area contributed by atoms with Crippen molar-refractivity contribution >= 4 is 29.9 Å². The zero-order valence-electron chi connectivity index (χ0n) is 5.66. The Hall–Kier alpha value is -0.705. The summed E-state index contributed by atoms with van der Waals surface area (Å²) in [7, 11) is -1.49. The Labute approximate surface area is 69.6 Å². The summed E-state index contributed by atoms with van der Waals surface area (Å²) in [4.78, 5) is 0. The molecule has 0 atom stereocenters. The molecular formula is C6H7BClNO2. The summed E-state index contributed by atoms with van der Waals surface area (Å²) >= 11 is 5.61. The first kappa shape index (κ1) is 8.39. The standard InChI is InChI=1S/C6H7BClNO2/c8-5-3-4(7(10)11)1-2-6(5)9/h1-3,10-11H,9H2. The average Bonchev–Trinajstić information content (AvgIpc) is 1.94. The van der Waals surface area contributed by atoms with Crippen molar-refractivity contribution in [1.82, 2.24) is 0 Å². The monoisotopic (exact) mass is 171 g/mol. The molecule has 0 aliphatic heterocycles. The Morgan fingerprint density at radius 1 is 1.36 bits per heavy atom. The fourth-order valence-corrected chi connectivity index (χ4v) is 0.893. The predicted molar refractivity (Wildman–Crippen MR) is 45.7 cm³/mol. The van der Waals surface area contributed by atoms with Gasteiger partial charge in [0.15, 0.2) is 0 Å². The van der Waals surface area contributed by atoms with Crippen LogP contribution in [0.1, 0.15) is 0 Å². The van der Waals surface area contributed by atoms with Crippen molar-refractivity contribution in [2.24, 2.45) is 0 Å². The van der Waals surface area contributed by atoms with Crippen LogP contribution in [0, 0.1) is 0 Å². The Morgan fingerprint density at radius 2 is 2.00 bits per heavy atom. The van der Waals surface area contributed by atoms with Gasteiger partial charge in [0.1, 0.15) is 0 Å². The third-order valence-corrected chi connectivity index (χ3v) is 1.65. The average molecular weight is 171 g/mol. The Bertz CT molecular complexity index is 267. The molecule has 0 amide bonds. The fourth-order valence-electron chi connectivity index (χ4n) is 0.704. The summed E-state index contributed by atoms with van der Waals surface area (Å²) in [5.74, 6) is 0. The van der Waals surface area contributed by atoms with E-state index in [0.29, 0.717) is 16.2 Å². The van der Waals surface area contributed by atoms with Crippen molar-refractivity contribution in [2.45, 2.75) is 0 Å². The molecule has 0 saturated carbocycles. The van der Waals surface area contributed by atoms with Crippen LogP contribution in [0.2, 0.25) is 5.02 Å². The van der Waals surface area contributed by atoms with E-state index in [1.807, 2.05) is 0 Å². The van der Waals surface area contributed by atoms with Gasteiger partial charge < -0.3 is 15.8 Å². The van der Waals surface area contributed by atoms with Crippen molar-refractivity contribution < 1.29 is 10.0 Å². The Balaban J connectivity index is 3.05. The fraction of sp³-hybridized carbons (Fsp3) is 0. The van der Waals surface area contributed by atoms with Crippen LogP contribution in [-0.4, -0.2) is 17.2 Å². The van der Waals surface area contributed by atoms with Gasteiger partial charge in [0.2, 0.25) is 0 Å². The van der Waals surface area contributed by atoms with Gasteiger partial charge in [-0.05, 0) is 17.6 Å². The van der Waals surface area contributed by atoms with Crippen LogP contribution in [0.15, 0.2) is 18.2 Å². The van der Waals surface area contributed by atoms with E-state index in [9.17, 15) is 0 Å². The largest absolute Gasteiger partial charge is 0.488 e. The maximum absolute atomic E-state index is 8.70. The first-order chi connectivity index (χ1) is 5.11. The zero-order valence-corrected chi connectivity index (χ0v) is 6.42. The molecule has 1 aromatic carbocycles. The van der Waals surface area contributed by atoms with Crippen LogP contribution in [0.3, 0.4) is 0 Å². The van der Waals surface area contributed by atoms with Crippen LogP contribution in [0.4, 0.5) is 5.69 Å². The van der Waals surface area contributed by atoms with Gasteiger partial charge in [-0.1, -0.05) is 17.7 Å². The highest BCUT2D eigenvalue weighted by Gasteiger charge is 2.11. The molecule has 11 heavy (non-hydrogen) atoms. The molecule has 4 N–H and O–H groups in total. The van der Waals surface area contributed by atoms with E-state index in [1.165, 1.54) is 18.2 Å². The summed E-state index contributed by atoms with van der Waals surface area (Å²) in [5.41, 5.74) is 6.16. The van der Waals surface area contributed by atoms with Gasteiger partial charge in [0, 0.05) is 0 Å². The SMILES string of the molecule is Nc1ccc(B(O)O)cc1Cl. The lowest BCUT2D eigenvalue weighted by molar-refractivity contribution is 0.426. The zero-order chi connectivity index (χ0) is 8.43. The van der Waals surface area contributed by atoms with Crippen LogP contribution >= 0.6 is 11.6 Å². The summed E-state index contributed by atoms with van der Waals surface area (Å²) in [6.07, 6.45) is 0. The van der Waals surface area contributed by atoms with Crippen LogP contribution in [-0.2, 0) is 0 Å². The quantitative estimate of drug-likeness (QED) is 0.398. The van der Waals surface area contributed by atoms with Gasteiger partial charge in [-0.15, -0.1) is 0 Å². The molecule has 0 heterocycles. The second-order valence-corrected chi connectivity index (χ2v) is 2.56. The number of halogens is 1. The second kappa shape index (κ2) is 3.13. The summed E-state index contributed by atoms with van der Waals surface area (Å²) in [5, 5.41) is 17.7. The lowest BCUT2D eigenvalue weighted by Crippen LogP contribution is -2.29. The third-order valence-electron chi connectivity index (χ3n) is 1.32. The van der Waals surface area contributed by atoms with E-state index >= 15 is 0 Å². The maximum Gasteiger partial charge on any atom is 0.488 e. The number of hydrogen-bond donors (Lipinski definition) is 3. The summed E-state index contributed by atoms with van der Waals surface area (Å²) in [6, 6.07) is 4.45. The van der Waals surface area contributed by atoms with Crippen molar-refractivity contribution in [2.75, 3.05) is 5.73 Å². The Morgan fingerprint density at radius 3 is 2.45 bits per heavy atom. The number of nitrogen functional groups attached to an aromatic ring is 1. The van der Waals surface area contributed by atoms with E-state index in [1.54, 1.807) is 0 Å². The molecule has 0 fully saturated rings. The van der Waals surface area contributed by atoms with Gasteiger partial charge in [-0.3, -0.25) is 0 Å². The lowest BCUT2D eigenvalue weighted by atomic mass is 9.80. The molecule has 58 valence electrons. The van der Waals surface area contributed by atoms with Crippen molar-refractivity contribution in [3.63, 3.8) is 0 Å². The molecule has 0 aliphatic rings. The second-order valence-electron chi connectivity index (χ2n) is 2.15. The Kier molecular flexibility index (Phi) is 2.39. The number of rotatable bonds is 1. The third kappa shape index (κ3) is 1.86. The van der Waals surface area contributed by atoms with Crippen molar-refractivity contribution in [3.05, 3.63) is 23.2 Å². The smallest absolute Gasteiger partial charge is 0.423 e. The molecule has 0 aromatic heterocycles. The van der Waals surface area contributed by atoms with Gasteiger partial charge in [-0.25, -0.2) is 0 Å². The van der Waals surface area contributed by atoms with Crippen LogP contribution < -0.4 is 11.2 Å². The van der Waals surface area contributed by atoms with Gasteiger partial charge in [0.25, 0.3) is 0 Å². The maximum atomic E-state index is 8.70. The summed E-state index contributed by atoms with van der Waals surface area (Å²) in [6.45, 7) is 0. The molecule has 0 aliphatic carbocycles. The predicted octanol–water partition coefficient (Wildman–Crippen LogP) is -0.398.